The number of likely N-dealkylation sites (tertiary alicyclic amines) is 1. The monoisotopic (exact) mass is 318 g/mol. The fourth-order valence-electron chi connectivity index (χ4n) is 3.03. The number of aryl methyl sites for hydroxylation is 1. The topological polar surface area (TPSA) is 41.6 Å². The maximum Gasteiger partial charge on any atom is 0.261 e. The molecule has 0 saturated carbocycles. The van der Waals surface area contributed by atoms with Crippen molar-refractivity contribution in [1.82, 2.24) is 10.2 Å². The van der Waals surface area contributed by atoms with Crippen molar-refractivity contribution in [3.8, 4) is 5.75 Å². The first-order valence-corrected chi connectivity index (χ1v) is 8.78. The molecule has 1 fully saturated rings. The summed E-state index contributed by atoms with van der Waals surface area (Å²) in [4.78, 5) is 14.7. The number of nitrogens with zero attached hydrogens (tertiary/aromatic N) is 1. The summed E-state index contributed by atoms with van der Waals surface area (Å²) in [6.07, 6.45) is 3.81. The van der Waals surface area contributed by atoms with Crippen LogP contribution in [0.4, 0.5) is 0 Å². The number of rotatable bonds is 7. The number of benzene rings is 1. The van der Waals surface area contributed by atoms with Gasteiger partial charge in [-0.25, -0.2) is 0 Å². The van der Waals surface area contributed by atoms with Crippen molar-refractivity contribution < 1.29 is 9.53 Å². The standard InChI is InChI=1S/C19H30N2O2/c1-4-17(23-18-8-6-5-7-15(18)2)19(22)20-12-9-16-10-13-21(3)14-11-16/h5-8,16-17H,4,9-14H2,1-3H3,(H,20,22)/t17-/m1/s1. The van der Waals surface area contributed by atoms with Gasteiger partial charge in [-0.2, -0.15) is 0 Å². The molecule has 128 valence electrons. The van der Waals surface area contributed by atoms with Gasteiger partial charge >= 0.3 is 0 Å². The molecule has 1 aromatic carbocycles. The van der Waals surface area contributed by atoms with Crippen molar-refractivity contribution in [2.75, 3.05) is 26.7 Å². The second kappa shape index (κ2) is 8.92. The summed E-state index contributed by atoms with van der Waals surface area (Å²) in [5.41, 5.74) is 1.06. The lowest BCUT2D eigenvalue weighted by Gasteiger charge is -2.29. The van der Waals surface area contributed by atoms with Crippen molar-refractivity contribution in [2.24, 2.45) is 5.92 Å². The van der Waals surface area contributed by atoms with Crippen LogP contribution in [0.25, 0.3) is 0 Å². The molecule has 1 aliphatic heterocycles. The smallest absolute Gasteiger partial charge is 0.261 e. The number of hydrogen-bond donors (Lipinski definition) is 1. The molecule has 4 nitrogen and oxygen atoms in total. The minimum Gasteiger partial charge on any atom is -0.480 e. The lowest BCUT2D eigenvalue weighted by atomic mass is 9.94. The lowest BCUT2D eigenvalue weighted by Crippen LogP contribution is -2.39. The highest BCUT2D eigenvalue weighted by atomic mass is 16.5. The second-order valence-electron chi connectivity index (χ2n) is 6.61. The van der Waals surface area contributed by atoms with Crippen LogP contribution in [0.1, 0.15) is 38.2 Å². The van der Waals surface area contributed by atoms with Gasteiger partial charge in [-0.1, -0.05) is 25.1 Å². The van der Waals surface area contributed by atoms with Gasteiger partial charge in [-0.3, -0.25) is 4.79 Å². The molecular weight excluding hydrogens is 288 g/mol. The Kier molecular flexibility index (Phi) is 6.90. The molecule has 0 spiro atoms. The Hall–Kier alpha value is -1.55. The number of nitrogens with one attached hydrogen (secondary N) is 1. The van der Waals surface area contributed by atoms with Gasteiger partial charge in [0.15, 0.2) is 6.10 Å². The largest absolute Gasteiger partial charge is 0.480 e. The Morgan fingerprint density at radius 2 is 2.04 bits per heavy atom. The fraction of sp³-hybridized carbons (Fsp3) is 0.632. The predicted molar refractivity (Wildman–Crippen MR) is 93.7 cm³/mol. The van der Waals surface area contributed by atoms with Gasteiger partial charge in [0.25, 0.3) is 5.91 Å². The SMILES string of the molecule is CC[C@@H](Oc1ccccc1C)C(=O)NCCC1CCN(C)CC1. The molecule has 2 rings (SSSR count). The Morgan fingerprint density at radius 1 is 1.35 bits per heavy atom. The van der Waals surface area contributed by atoms with E-state index in [1.165, 1.54) is 25.9 Å². The van der Waals surface area contributed by atoms with Crippen LogP contribution >= 0.6 is 0 Å². The second-order valence-corrected chi connectivity index (χ2v) is 6.61. The van der Waals surface area contributed by atoms with E-state index in [1.54, 1.807) is 0 Å². The normalized spacial score (nSPS) is 17.7. The number of para-hydroxylation sites is 1. The van der Waals surface area contributed by atoms with E-state index >= 15 is 0 Å². The fourth-order valence-corrected chi connectivity index (χ4v) is 3.03. The first-order chi connectivity index (χ1) is 11.1. The molecule has 1 aromatic rings. The van der Waals surface area contributed by atoms with Gasteiger partial charge in [0.1, 0.15) is 5.75 Å². The summed E-state index contributed by atoms with van der Waals surface area (Å²) < 4.78 is 5.89. The predicted octanol–water partition coefficient (Wildman–Crippen LogP) is 3.00. The van der Waals surface area contributed by atoms with E-state index in [0.717, 1.165) is 30.2 Å². The molecule has 1 heterocycles. The highest BCUT2D eigenvalue weighted by Crippen LogP contribution is 2.20. The van der Waals surface area contributed by atoms with E-state index in [-0.39, 0.29) is 5.91 Å². The van der Waals surface area contributed by atoms with Crippen LogP contribution < -0.4 is 10.1 Å². The number of carbonyl (C=O) groups is 1. The Balaban J connectivity index is 1.75. The summed E-state index contributed by atoms with van der Waals surface area (Å²) >= 11 is 0. The third-order valence-corrected chi connectivity index (χ3v) is 4.72. The maximum atomic E-state index is 12.3. The molecule has 1 N–H and O–H groups in total. The molecule has 0 aromatic heterocycles. The molecule has 0 aliphatic carbocycles. The average Bonchev–Trinajstić information content (AvgIpc) is 2.56. The maximum absolute atomic E-state index is 12.3. The first-order valence-electron chi connectivity index (χ1n) is 8.78. The summed E-state index contributed by atoms with van der Waals surface area (Å²) in [5.74, 6) is 1.54. The molecule has 1 aliphatic rings. The van der Waals surface area contributed by atoms with Crippen LogP contribution in [0.2, 0.25) is 0 Å². The van der Waals surface area contributed by atoms with Crippen molar-refractivity contribution in [3.63, 3.8) is 0 Å². The Bertz CT molecular complexity index is 496. The molecule has 1 saturated heterocycles. The van der Waals surface area contributed by atoms with E-state index in [4.69, 9.17) is 4.74 Å². The molecular formula is C19H30N2O2. The van der Waals surface area contributed by atoms with E-state index in [1.807, 2.05) is 38.1 Å². The van der Waals surface area contributed by atoms with Gasteiger partial charge in [-0.15, -0.1) is 0 Å². The third kappa shape index (κ3) is 5.54. The first kappa shape index (κ1) is 17.8. The van der Waals surface area contributed by atoms with Crippen LogP contribution in [0.5, 0.6) is 5.75 Å². The summed E-state index contributed by atoms with van der Waals surface area (Å²) in [5, 5.41) is 3.05. The van der Waals surface area contributed by atoms with Crippen molar-refractivity contribution in [2.45, 2.75) is 45.6 Å². The van der Waals surface area contributed by atoms with Gasteiger partial charge < -0.3 is 15.0 Å². The number of ether oxygens (including phenoxy) is 1. The van der Waals surface area contributed by atoms with E-state index in [0.29, 0.717) is 6.42 Å². The highest BCUT2D eigenvalue weighted by Gasteiger charge is 2.20. The van der Waals surface area contributed by atoms with Crippen molar-refractivity contribution >= 4 is 5.91 Å². The minimum absolute atomic E-state index is 0.00341. The molecule has 0 unspecified atom stereocenters. The van der Waals surface area contributed by atoms with Crippen LogP contribution in [-0.4, -0.2) is 43.6 Å². The minimum atomic E-state index is -0.409. The molecule has 0 radical (unpaired) electrons. The van der Waals surface area contributed by atoms with Crippen LogP contribution in [0, 0.1) is 12.8 Å². The third-order valence-electron chi connectivity index (χ3n) is 4.72. The van der Waals surface area contributed by atoms with Crippen LogP contribution in [0.15, 0.2) is 24.3 Å². The van der Waals surface area contributed by atoms with Crippen LogP contribution in [0.3, 0.4) is 0 Å². The quantitative estimate of drug-likeness (QED) is 0.840. The Labute approximate surface area is 140 Å². The Morgan fingerprint density at radius 3 is 2.70 bits per heavy atom. The molecule has 0 bridgehead atoms. The molecule has 1 atom stereocenters. The molecule has 1 amide bonds. The van der Waals surface area contributed by atoms with Gasteiger partial charge in [-0.05, 0) is 70.3 Å². The number of piperidine rings is 1. The zero-order valence-corrected chi connectivity index (χ0v) is 14.7. The lowest BCUT2D eigenvalue weighted by molar-refractivity contribution is -0.128. The summed E-state index contributed by atoms with van der Waals surface area (Å²) in [6, 6.07) is 7.84. The summed E-state index contributed by atoms with van der Waals surface area (Å²) in [6.45, 7) is 7.08. The highest BCUT2D eigenvalue weighted by molar-refractivity contribution is 5.81. The number of amides is 1. The van der Waals surface area contributed by atoms with Crippen molar-refractivity contribution in [1.29, 1.82) is 0 Å². The molecule has 4 heteroatoms. The molecule has 23 heavy (non-hydrogen) atoms. The zero-order chi connectivity index (χ0) is 16.7. The van der Waals surface area contributed by atoms with E-state index < -0.39 is 6.10 Å². The van der Waals surface area contributed by atoms with Gasteiger partial charge in [0.2, 0.25) is 0 Å². The van der Waals surface area contributed by atoms with Gasteiger partial charge in [0, 0.05) is 6.54 Å². The van der Waals surface area contributed by atoms with Gasteiger partial charge in [0.05, 0.1) is 0 Å². The number of carbonyl (C=O) groups excluding carboxylic acids is 1. The zero-order valence-electron chi connectivity index (χ0n) is 14.7. The number of hydrogen-bond acceptors (Lipinski definition) is 3. The summed E-state index contributed by atoms with van der Waals surface area (Å²) in [7, 11) is 2.17. The average molecular weight is 318 g/mol. The van der Waals surface area contributed by atoms with E-state index in [9.17, 15) is 4.79 Å². The van der Waals surface area contributed by atoms with E-state index in [2.05, 4.69) is 17.3 Å². The van der Waals surface area contributed by atoms with Crippen LogP contribution in [-0.2, 0) is 4.79 Å². The van der Waals surface area contributed by atoms with Crippen molar-refractivity contribution in [3.05, 3.63) is 29.8 Å².